The van der Waals surface area contributed by atoms with Crippen LogP contribution < -0.4 is 5.73 Å². The van der Waals surface area contributed by atoms with E-state index in [0.29, 0.717) is 28.7 Å². The smallest absolute Gasteiger partial charge is 0.260 e. The SMILES string of the molecule is Nc1ccc(Br)cc1-c1nc(-c2cnccn2)no1. The predicted molar refractivity (Wildman–Crippen MR) is 72.9 cm³/mol. The van der Waals surface area contributed by atoms with Crippen LogP contribution in [0.4, 0.5) is 5.69 Å². The molecule has 0 saturated carbocycles. The minimum atomic E-state index is 0.347. The Morgan fingerprint density at radius 2 is 2.11 bits per heavy atom. The molecule has 0 radical (unpaired) electrons. The van der Waals surface area contributed by atoms with E-state index in [2.05, 4.69) is 36.0 Å². The third-order valence-electron chi connectivity index (χ3n) is 2.46. The number of halogens is 1. The van der Waals surface area contributed by atoms with E-state index in [4.69, 9.17) is 10.3 Å². The summed E-state index contributed by atoms with van der Waals surface area (Å²) in [7, 11) is 0. The van der Waals surface area contributed by atoms with Crippen LogP contribution in [0.15, 0.2) is 45.8 Å². The van der Waals surface area contributed by atoms with E-state index in [1.807, 2.05) is 12.1 Å². The fourth-order valence-electron chi connectivity index (χ4n) is 1.57. The summed E-state index contributed by atoms with van der Waals surface area (Å²) in [4.78, 5) is 12.3. The number of hydrogen-bond donors (Lipinski definition) is 1. The molecule has 0 fully saturated rings. The minimum Gasteiger partial charge on any atom is -0.398 e. The number of hydrogen-bond acceptors (Lipinski definition) is 6. The molecule has 0 atom stereocenters. The van der Waals surface area contributed by atoms with Gasteiger partial charge in [0.05, 0.1) is 11.8 Å². The highest BCUT2D eigenvalue weighted by atomic mass is 79.9. The maximum Gasteiger partial charge on any atom is 0.260 e. The van der Waals surface area contributed by atoms with Crippen LogP contribution >= 0.6 is 15.9 Å². The van der Waals surface area contributed by atoms with Gasteiger partial charge in [0.15, 0.2) is 0 Å². The summed E-state index contributed by atoms with van der Waals surface area (Å²) in [6.07, 6.45) is 4.72. The molecular weight excluding hydrogens is 310 g/mol. The number of nitrogens with two attached hydrogens (primary N) is 1. The zero-order chi connectivity index (χ0) is 13.2. The lowest BCUT2D eigenvalue weighted by atomic mass is 10.2. The Bertz CT molecular complexity index is 713. The normalized spacial score (nSPS) is 10.6. The van der Waals surface area contributed by atoms with Crippen LogP contribution in [-0.2, 0) is 0 Å². The second kappa shape index (κ2) is 4.77. The molecule has 0 unspecified atom stereocenters. The van der Waals surface area contributed by atoms with Gasteiger partial charge in [0.2, 0.25) is 5.82 Å². The first-order valence-corrected chi connectivity index (χ1v) is 6.19. The van der Waals surface area contributed by atoms with Crippen molar-refractivity contribution in [1.29, 1.82) is 0 Å². The van der Waals surface area contributed by atoms with Gasteiger partial charge >= 0.3 is 0 Å². The molecule has 2 N–H and O–H groups in total. The van der Waals surface area contributed by atoms with E-state index in [9.17, 15) is 0 Å². The van der Waals surface area contributed by atoms with Gasteiger partial charge in [-0.15, -0.1) is 0 Å². The number of nitrogen functional groups attached to an aromatic ring is 1. The molecule has 0 spiro atoms. The molecule has 94 valence electrons. The first kappa shape index (κ1) is 11.8. The van der Waals surface area contributed by atoms with E-state index in [1.54, 1.807) is 24.7 Å². The lowest BCUT2D eigenvalue weighted by Crippen LogP contribution is -1.90. The van der Waals surface area contributed by atoms with Gasteiger partial charge in [0, 0.05) is 22.6 Å². The summed E-state index contributed by atoms with van der Waals surface area (Å²) in [5, 5.41) is 3.87. The lowest BCUT2D eigenvalue weighted by Gasteiger charge is -2.00. The van der Waals surface area contributed by atoms with Crippen LogP contribution in [0.25, 0.3) is 23.0 Å². The van der Waals surface area contributed by atoms with Gasteiger partial charge in [-0.3, -0.25) is 4.98 Å². The molecule has 7 heteroatoms. The molecule has 0 aliphatic heterocycles. The zero-order valence-electron chi connectivity index (χ0n) is 9.62. The van der Waals surface area contributed by atoms with Crippen molar-refractivity contribution in [3.63, 3.8) is 0 Å². The lowest BCUT2D eigenvalue weighted by molar-refractivity contribution is 0.432. The van der Waals surface area contributed by atoms with Crippen molar-refractivity contribution in [3.05, 3.63) is 41.3 Å². The first-order valence-electron chi connectivity index (χ1n) is 5.39. The van der Waals surface area contributed by atoms with Crippen molar-refractivity contribution in [2.24, 2.45) is 0 Å². The van der Waals surface area contributed by atoms with Crippen LogP contribution in [-0.4, -0.2) is 20.1 Å². The number of rotatable bonds is 2. The fraction of sp³-hybridized carbons (Fsp3) is 0. The Morgan fingerprint density at radius 1 is 1.21 bits per heavy atom. The fourth-order valence-corrected chi connectivity index (χ4v) is 1.93. The molecular formula is C12H8BrN5O. The molecule has 19 heavy (non-hydrogen) atoms. The topological polar surface area (TPSA) is 90.7 Å². The average molecular weight is 318 g/mol. The Hall–Kier alpha value is -2.28. The third kappa shape index (κ3) is 2.32. The highest BCUT2D eigenvalue weighted by molar-refractivity contribution is 9.10. The van der Waals surface area contributed by atoms with Crippen molar-refractivity contribution < 1.29 is 4.52 Å². The quantitative estimate of drug-likeness (QED) is 0.730. The molecule has 0 aliphatic carbocycles. The van der Waals surface area contributed by atoms with Gasteiger partial charge in [0.25, 0.3) is 5.89 Å². The Labute approximate surface area is 116 Å². The molecule has 3 aromatic rings. The Morgan fingerprint density at radius 3 is 2.89 bits per heavy atom. The summed E-state index contributed by atoms with van der Waals surface area (Å²) in [5.41, 5.74) is 7.69. The van der Waals surface area contributed by atoms with Gasteiger partial charge in [-0.1, -0.05) is 21.1 Å². The van der Waals surface area contributed by atoms with Gasteiger partial charge < -0.3 is 10.3 Å². The first-order chi connectivity index (χ1) is 9.24. The van der Waals surface area contributed by atoms with Gasteiger partial charge in [0.1, 0.15) is 5.69 Å². The zero-order valence-corrected chi connectivity index (χ0v) is 11.2. The van der Waals surface area contributed by atoms with Gasteiger partial charge in [-0.25, -0.2) is 4.98 Å². The molecule has 0 bridgehead atoms. The van der Waals surface area contributed by atoms with Crippen LogP contribution in [0.1, 0.15) is 0 Å². The molecule has 0 amide bonds. The maximum absolute atomic E-state index is 5.89. The second-order valence-electron chi connectivity index (χ2n) is 3.75. The van der Waals surface area contributed by atoms with Gasteiger partial charge in [-0.05, 0) is 18.2 Å². The summed E-state index contributed by atoms with van der Waals surface area (Å²) >= 11 is 3.38. The molecule has 6 nitrogen and oxygen atoms in total. The van der Waals surface area contributed by atoms with Crippen LogP contribution in [0.5, 0.6) is 0 Å². The molecule has 0 saturated heterocycles. The standard InChI is InChI=1S/C12H8BrN5O/c13-7-1-2-9(14)8(5-7)12-17-11(18-19-12)10-6-15-3-4-16-10/h1-6H,14H2. The van der Waals surface area contributed by atoms with E-state index in [-0.39, 0.29) is 0 Å². The summed E-state index contributed by atoms with van der Waals surface area (Å²) in [6, 6.07) is 5.44. The summed E-state index contributed by atoms with van der Waals surface area (Å²) in [6.45, 7) is 0. The van der Waals surface area contributed by atoms with Gasteiger partial charge in [-0.2, -0.15) is 4.98 Å². The Kier molecular flexibility index (Phi) is 2.96. The van der Waals surface area contributed by atoms with Crippen molar-refractivity contribution >= 4 is 21.6 Å². The average Bonchev–Trinajstić information content (AvgIpc) is 2.92. The number of nitrogens with zero attached hydrogens (tertiary/aromatic N) is 4. The van der Waals surface area contributed by atoms with Crippen LogP contribution in [0, 0.1) is 0 Å². The monoisotopic (exact) mass is 317 g/mol. The predicted octanol–water partition coefficient (Wildman–Crippen LogP) is 2.54. The largest absolute Gasteiger partial charge is 0.398 e. The number of anilines is 1. The van der Waals surface area contributed by atoms with Crippen molar-refractivity contribution in [2.45, 2.75) is 0 Å². The molecule has 0 aliphatic rings. The minimum absolute atomic E-state index is 0.347. The second-order valence-corrected chi connectivity index (χ2v) is 4.66. The van der Waals surface area contributed by atoms with E-state index in [1.165, 1.54) is 0 Å². The van der Waals surface area contributed by atoms with E-state index >= 15 is 0 Å². The van der Waals surface area contributed by atoms with E-state index < -0.39 is 0 Å². The Balaban J connectivity index is 2.04. The van der Waals surface area contributed by atoms with Crippen LogP contribution in [0.2, 0.25) is 0 Å². The van der Waals surface area contributed by atoms with Crippen molar-refractivity contribution in [1.82, 2.24) is 20.1 Å². The van der Waals surface area contributed by atoms with E-state index in [0.717, 1.165) is 4.47 Å². The highest BCUT2D eigenvalue weighted by Gasteiger charge is 2.14. The number of benzene rings is 1. The van der Waals surface area contributed by atoms with Crippen LogP contribution in [0.3, 0.4) is 0 Å². The molecule has 2 aromatic heterocycles. The molecule has 3 rings (SSSR count). The molecule has 2 heterocycles. The summed E-state index contributed by atoms with van der Waals surface area (Å²) in [5.74, 6) is 0.724. The highest BCUT2D eigenvalue weighted by Crippen LogP contribution is 2.28. The third-order valence-corrected chi connectivity index (χ3v) is 2.96. The molecule has 1 aromatic carbocycles. The summed E-state index contributed by atoms with van der Waals surface area (Å²) < 4.78 is 6.10. The van der Waals surface area contributed by atoms with Crippen molar-refractivity contribution in [3.8, 4) is 23.0 Å². The van der Waals surface area contributed by atoms with Crippen molar-refractivity contribution in [2.75, 3.05) is 5.73 Å². The number of aromatic nitrogens is 4. The maximum atomic E-state index is 5.89.